The predicted molar refractivity (Wildman–Crippen MR) is 79.3 cm³/mol. The van der Waals surface area contributed by atoms with E-state index >= 15 is 0 Å². The summed E-state index contributed by atoms with van der Waals surface area (Å²) in [5.74, 6) is -0.811. The molecule has 1 unspecified atom stereocenters. The zero-order chi connectivity index (χ0) is 14.8. The molecule has 1 aromatic carbocycles. The summed E-state index contributed by atoms with van der Waals surface area (Å²) in [6.45, 7) is 1.62. The molecular formula is C16H20N2O3. The lowest BCUT2D eigenvalue weighted by molar-refractivity contribution is -0.142. The average molecular weight is 288 g/mol. The number of hydrogen-bond acceptors (Lipinski definition) is 3. The average Bonchev–Trinajstić information content (AvgIpc) is 2.95. The van der Waals surface area contributed by atoms with Crippen LogP contribution < -0.4 is 4.90 Å². The predicted octanol–water partition coefficient (Wildman–Crippen LogP) is 1.51. The van der Waals surface area contributed by atoms with Gasteiger partial charge in [-0.25, -0.2) is 0 Å². The zero-order valence-corrected chi connectivity index (χ0v) is 12.0. The van der Waals surface area contributed by atoms with Gasteiger partial charge in [-0.2, -0.15) is 0 Å². The van der Waals surface area contributed by atoms with Crippen molar-refractivity contribution < 1.29 is 14.7 Å². The number of aliphatic carboxylic acids is 1. The van der Waals surface area contributed by atoms with E-state index < -0.39 is 12.0 Å². The van der Waals surface area contributed by atoms with Gasteiger partial charge < -0.3 is 10.0 Å². The van der Waals surface area contributed by atoms with Crippen LogP contribution in [0, 0.1) is 0 Å². The quantitative estimate of drug-likeness (QED) is 0.916. The van der Waals surface area contributed by atoms with Gasteiger partial charge in [0.1, 0.15) is 6.04 Å². The molecule has 1 aromatic rings. The molecule has 0 saturated carbocycles. The number of anilines is 1. The molecule has 2 aliphatic rings. The van der Waals surface area contributed by atoms with E-state index in [0.29, 0.717) is 13.0 Å². The van der Waals surface area contributed by atoms with Crippen LogP contribution in [-0.4, -0.2) is 47.6 Å². The minimum atomic E-state index is -0.820. The Bertz CT molecular complexity index is 558. The molecule has 0 bridgehead atoms. The summed E-state index contributed by atoms with van der Waals surface area (Å²) in [5, 5.41) is 9.20. The maximum atomic E-state index is 12.6. The van der Waals surface area contributed by atoms with Gasteiger partial charge in [-0.3, -0.25) is 14.5 Å². The van der Waals surface area contributed by atoms with E-state index in [1.54, 1.807) is 4.90 Å². The SMILES string of the molecule is O=C(O)C1CCCN1CC(=O)N1CCCc2ccccc21. The molecular weight excluding hydrogens is 268 g/mol. The van der Waals surface area contributed by atoms with Crippen LogP contribution in [0.3, 0.4) is 0 Å². The first-order chi connectivity index (χ1) is 10.2. The monoisotopic (exact) mass is 288 g/mol. The van der Waals surface area contributed by atoms with Gasteiger partial charge in [0.25, 0.3) is 0 Å². The largest absolute Gasteiger partial charge is 0.480 e. The van der Waals surface area contributed by atoms with Gasteiger partial charge in [-0.05, 0) is 43.9 Å². The molecule has 0 aromatic heterocycles. The smallest absolute Gasteiger partial charge is 0.320 e. The summed E-state index contributed by atoms with van der Waals surface area (Å²) >= 11 is 0. The van der Waals surface area contributed by atoms with E-state index in [0.717, 1.165) is 31.5 Å². The number of likely N-dealkylation sites (tertiary alicyclic amines) is 1. The fraction of sp³-hybridized carbons (Fsp3) is 0.500. The van der Waals surface area contributed by atoms with E-state index in [4.69, 9.17) is 0 Å². The van der Waals surface area contributed by atoms with Crippen LogP contribution in [0.2, 0.25) is 0 Å². The second-order valence-corrected chi connectivity index (χ2v) is 5.74. The van der Waals surface area contributed by atoms with Crippen LogP contribution in [0.15, 0.2) is 24.3 Å². The number of nitrogens with zero attached hydrogens (tertiary/aromatic N) is 2. The maximum absolute atomic E-state index is 12.6. The Hall–Kier alpha value is -1.88. The number of carbonyl (C=O) groups excluding carboxylic acids is 1. The fourth-order valence-corrected chi connectivity index (χ4v) is 3.35. The molecule has 0 radical (unpaired) electrons. The topological polar surface area (TPSA) is 60.9 Å². The van der Waals surface area contributed by atoms with Gasteiger partial charge in [-0.1, -0.05) is 18.2 Å². The maximum Gasteiger partial charge on any atom is 0.320 e. The number of carboxylic acid groups (broad SMARTS) is 1. The standard InChI is InChI=1S/C16H20N2O3/c19-15(11-17-9-4-8-14(17)16(20)21)18-10-3-6-12-5-1-2-7-13(12)18/h1-2,5,7,14H,3-4,6,8-11H2,(H,20,21). The number of fused-ring (bicyclic) bond motifs is 1. The summed E-state index contributed by atoms with van der Waals surface area (Å²) in [6.07, 6.45) is 3.45. The zero-order valence-electron chi connectivity index (χ0n) is 12.0. The lowest BCUT2D eigenvalue weighted by Crippen LogP contribution is -2.46. The summed E-state index contributed by atoms with van der Waals surface area (Å²) in [4.78, 5) is 27.4. The first-order valence-electron chi connectivity index (χ1n) is 7.52. The first-order valence-corrected chi connectivity index (χ1v) is 7.52. The van der Waals surface area contributed by atoms with Gasteiger partial charge in [0.15, 0.2) is 0 Å². The summed E-state index contributed by atoms with van der Waals surface area (Å²) < 4.78 is 0. The van der Waals surface area contributed by atoms with Gasteiger partial charge in [0.05, 0.1) is 6.54 Å². The Morgan fingerprint density at radius 1 is 1.19 bits per heavy atom. The van der Waals surface area contributed by atoms with Crippen molar-refractivity contribution >= 4 is 17.6 Å². The van der Waals surface area contributed by atoms with E-state index in [1.165, 1.54) is 5.56 Å². The van der Waals surface area contributed by atoms with Crippen molar-refractivity contribution in [1.29, 1.82) is 0 Å². The number of para-hydroxylation sites is 1. The molecule has 0 aliphatic carbocycles. The van der Waals surface area contributed by atoms with Crippen LogP contribution in [0.1, 0.15) is 24.8 Å². The second kappa shape index (κ2) is 5.85. The van der Waals surface area contributed by atoms with Gasteiger partial charge >= 0.3 is 5.97 Å². The van der Waals surface area contributed by atoms with Crippen molar-refractivity contribution in [3.63, 3.8) is 0 Å². The molecule has 3 rings (SSSR count). The number of carboxylic acids is 1. The fourth-order valence-electron chi connectivity index (χ4n) is 3.35. The molecule has 5 nitrogen and oxygen atoms in total. The number of benzene rings is 1. The Morgan fingerprint density at radius 2 is 2.00 bits per heavy atom. The Balaban J connectivity index is 1.73. The highest BCUT2D eigenvalue weighted by atomic mass is 16.4. The first kappa shape index (κ1) is 14.1. The van der Waals surface area contributed by atoms with Crippen LogP contribution in [-0.2, 0) is 16.0 Å². The minimum absolute atomic E-state index is 0.00954. The second-order valence-electron chi connectivity index (χ2n) is 5.74. The highest BCUT2D eigenvalue weighted by Crippen LogP contribution is 2.27. The molecule has 5 heteroatoms. The van der Waals surface area contributed by atoms with Crippen molar-refractivity contribution in [2.24, 2.45) is 0 Å². The third-order valence-corrected chi connectivity index (χ3v) is 4.40. The third kappa shape index (κ3) is 2.78. The Morgan fingerprint density at radius 3 is 2.81 bits per heavy atom. The number of aryl methyl sites for hydroxylation is 1. The normalized spacial score (nSPS) is 22.1. The van der Waals surface area contributed by atoms with E-state index in [2.05, 4.69) is 6.07 Å². The summed E-state index contributed by atoms with van der Waals surface area (Å²) in [5.41, 5.74) is 2.19. The molecule has 1 saturated heterocycles. The molecule has 2 heterocycles. The van der Waals surface area contributed by atoms with E-state index in [1.807, 2.05) is 23.1 Å². The number of rotatable bonds is 3. The van der Waals surface area contributed by atoms with Crippen LogP contribution in [0.25, 0.3) is 0 Å². The highest BCUT2D eigenvalue weighted by molar-refractivity contribution is 5.96. The molecule has 0 spiro atoms. The van der Waals surface area contributed by atoms with E-state index in [9.17, 15) is 14.7 Å². The minimum Gasteiger partial charge on any atom is -0.480 e. The van der Waals surface area contributed by atoms with Crippen LogP contribution >= 0.6 is 0 Å². The van der Waals surface area contributed by atoms with Gasteiger partial charge in [-0.15, -0.1) is 0 Å². The molecule has 1 N–H and O–H groups in total. The van der Waals surface area contributed by atoms with E-state index in [-0.39, 0.29) is 12.5 Å². The summed E-state index contributed by atoms with van der Waals surface area (Å²) in [7, 11) is 0. The Labute approximate surface area is 124 Å². The van der Waals surface area contributed by atoms with Crippen molar-refractivity contribution in [3.8, 4) is 0 Å². The molecule has 1 fully saturated rings. The lowest BCUT2D eigenvalue weighted by atomic mass is 10.0. The molecule has 2 aliphatic heterocycles. The Kier molecular flexibility index (Phi) is 3.92. The molecule has 1 atom stereocenters. The van der Waals surface area contributed by atoms with Crippen molar-refractivity contribution in [1.82, 2.24) is 4.90 Å². The summed E-state index contributed by atoms with van der Waals surface area (Å²) in [6, 6.07) is 7.47. The molecule has 112 valence electrons. The lowest BCUT2D eigenvalue weighted by Gasteiger charge is -2.31. The van der Waals surface area contributed by atoms with Crippen molar-refractivity contribution in [2.75, 3.05) is 24.5 Å². The van der Waals surface area contributed by atoms with Crippen LogP contribution in [0.4, 0.5) is 5.69 Å². The van der Waals surface area contributed by atoms with Crippen molar-refractivity contribution in [2.45, 2.75) is 31.7 Å². The molecule has 21 heavy (non-hydrogen) atoms. The number of amides is 1. The number of hydrogen-bond donors (Lipinski definition) is 1. The third-order valence-electron chi connectivity index (χ3n) is 4.40. The van der Waals surface area contributed by atoms with Crippen molar-refractivity contribution in [3.05, 3.63) is 29.8 Å². The van der Waals surface area contributed by atoms with Gasteiger partial charge in [0.2, 0.25) is 5.91 Å². The van der Waals surface area contributed by atoms with Gasteiger partial charge in [0, 0.05) is 12.2 Å². The highest BCUT2D eigenvalue weighted by Gasteiger charge is 2.33. The number of carbonyl (C=O) groups is 2. The van der Waals surface area contributed by atoms with Crippen LogP contribution in [0.5, 0.6) is 0 Å². The molecule has 1 amide bonds.